The Morgan fingerprint density at radius 3 is 2.25 bits per heavy atom. The van der Waals surface area contributed by atoms with E-state index in [4.69, 9.17) is 10.5 Å². The number of amides is 1. The number of rotatable bonds is 6. The zero-order valence-electron chi connectivity index (χ0n) is 21.4. The maximum Gasteiger partial charge on any atom is 0.223 e. The number of aryl methyl sites for hydroxylation is 1. The second kappa shape index (κ2) is 16.4. The molecule has 0 bridgehead atoms. The molecule has 4 rings (SSSR count). The number of fused-ring (bicyclic) bond motifs is 3. The first-order chi connectivity index (χ1) is 17.3. The molecule has 0 unspecified atom stereocenters. The number of carbonyl (C=O) groups excluding carboxylic acids is 1. The Morgan fingerprint density at radius 2 is 1.75 bits per heavy atom. The lowest BCUT2D eigenvalue weighted by Gasteiger charge is -2.13. The van der Waals surface area contributed by atoms with Gasteiger partial charge in [0.2, 0.25) is 11.9 Å². The molecular weight excluding hydrogens is 459 g/mol. The SMILES string of the molecule is C#C.C#C.C#C.CC1CC1.COc1cc2nc(N)n3nc(CCCCN(C)C(C)=O)nc3c2cc1F. The van der Waals surface area contributed by atoms with Gasteiger partial charge in [0.25, 0.3) is 0 Å². The highest BCUT2D eigenvalue weighted by atomic mass is 19.1. The second-order valence-corrected chi connectivity index (χ2v) is 7.82. The standard InChI is InChI=1S/C17H21FN6O2.C4H8.3C2H2/c1-10(25)23(2)7-5-4-6-15-21-16-11-8-12(18)14(26-3)9-13(11)20-17(19)24(16)22-15;1-4-2-3-4;3*1-2/h8-9H,4-7H2,1-3H3,(H2,19,20);4H,2-3H2,1H3;3*1-2H. The van der Waals surface area contributed by atoms with Crippen LogP contribution in [0, 0.1) is 50.3 Å². The first-order valence-corrected chi connectivity index (χ1v) is 11.2. The monoisotopic (exact) mass is 494 g/mol. The zero-order chi connectivity index (χ0) is 27.8. The summed E-state index contributed by atoms with van der Waals surface area (Å²) >= 11 is 0. The lowest BCUT2D eigenvalue weighted by molar-refractivity contribution is -0.127. The summed E-state index contributed by atoms with van der Waals surface area (Å²) in [5.41, 5.74) is 6.92. The molecule has 2 heterocycles. The van der Waals surface area contributed by atoms with E-state index in [1.165, 1.54) is 36.6 Å². The van der Waals surface area contributed by atoms with Crippen molar-refractivity contribution >= 4 is 28.4 Å². The van der Waals surface area contributed by atoms with E-state index in [2.05, 4.69) is 60.5 Å². The molecule has 192 valence electrons. The van der Waals surface area contributed by atoms with Crippen LogP contribution in [0.25, 0.3) is 16.6 Å². The Bertz CT molecular complexity index is 1160. The van der Waals surface area contributed by atoms with Crippen molar-refractivity contribution in [2.24, 2.45) is 5.92 Å². The van der Waals surface area contributed by atoms with Gasteiger partial charge in [0.15, 0.2) is 23.0 Å². The minimum atomic E-state index is -0.495. The fourth-order valence-electron chi connectivity index (χ4n) is 2.89. The highest BCUT2D eigenvalue weighted by Crippen LogP contribution is 2.27. The van der Waals surface area contributed by atoms with Crippen molar-refractivity contribution in [3.8, 4) is 44.3 Å². The van der Waals surface area contributed by atoms with Crippen LogP contribution in [0.3, 0.4) is 0 Å². The number of hydrogen-bond donors (Lipinski definition) is 1. The van der Waals surface area contributed by atoms with Gasteiger partial charge in [0.05, 0.1) is 12.6 Å². The molecule has 1 aliphatic rings. The third-order valence-corrected chi connectivity index (χ3v) is 5.16. The molecule has 2 N–H and O–H groups in total. The minimum Gasteiger partial charge on any atom is -0.494 e. The number of methoxy groups -OCH3 is 1. The summed E-state index contributed by atoms with van der Waals surface area (Å²) in [6.07, 6.45) is 29.3. The van der Waals surface area contributed by atoms with Gasteiger partial charge >= 0.3 is 0 Å². The van der Waals surface area contributed by atoms with Crippen LogP contribution in [0.4, 0.5) is 10.3 Å². The Balaban J connectivity index is 0.00000105. The van der Waals surface area contributed by atoms with Gasteiger partial charge < -0.3 is 15.4 Å². The highest BCUT2D eigenvalue weighted by Gasteiger charge is 2.15. The average molecular weight is 495 g/mol. The predicted molar refractivity (Wildman–Crippen MR) is 144 cm³/mol. The van der Waals surface area contributed by atoms with Gasteiger partial charge in [-0.05, 0) is 24.8 Å². The molecule has 1 aliphatic carbocycles. The summed E-state index contributed by atoms with van der Waals surface area (Å²) in [5, 5.41) is 4.89. The zero-order valence-corrected chi connectivity index (χ0v) is 21.4. The molecule has 1 amide bonds. The number of aromatic nitrogens is 4. The summed E-state index contributed by atoms with van der Waals surface area (Å²) in [5.74, 6) is 1.51. The molecule has 1 fully saturated rings. The van der Waals surface area contributed by atoms with Crippen LogP contribution in [0.2, 0.25) is 0 Å². The molecule has 2 aromatic heterocycles. The van der Waals surface area contributed by atoms with Crippen molar-refractivity contribution < 1.29 is 13.9 Å². The van der Waals surface area contributed by atoms with Crippen LogP contribution >= 0.6 is 0 Å². The fourth-order valence-corrected chi connectivity index (χ4v) is 2.89. The number of unbranched alkanes of at least 4 members (excludes halogenated alkanes) is 1. The molecule has 3 aromatic rings. The Labute approximate surface area is 213 Å². The topological polar surface area (TPSA) is 98.6 Å². The normalized spacial score (nSPS) is 11.2. The molecule has 9 heteroatoms. The highest BCUT2D eigenvalue weighted by molar-refractivity contribution is 5.93. The summed E-state index contributed by atoms with van der Waals surface area (Å²) in [4.78, 5) is 21.6. The van der Waals surface area contributed by atoms with Gasteiger partial charge in [-0.25, -0.2) is 14.4 Å². The van der Waals surface area contributed by atoms with Gasteiger partial charge in [-0.2, -0.15) is 4.52 Å². The number of halogens is 1. The number of benzene rings is 1. The number of terminal acetylenes is 3. The predicted octanol–water partition coefficient (Wildman–Crippen LogP) is 3.97. The van der Waals surface area contributed by atoms with Crippen molar-refractivity contribution in [2.45, 2.75) is 46.0 Å². The number of hydrogen-bond acceptors (Lipinski definition) is 6. The quantitative estimate of drug-likeness (QED) is 0.411. The molecule has 0 radical (unpaired) electrons. The average Bonchev–Trinajstić information content (AvgIpc) is 3.56. The van der Waals surface area contributed by atoms with E-state index in [1.54, 1.807) is 18.9 Å². The van der Waals surface area contributed by atoms with E-state index in [0.29, 0.717) is 35.3 Å². The number of nitrogen functional groups attached to an aromatic ring is 1. The lowest BCUT2D eigenvalue weighted by atomic mass is 10.2. The van der Waals surface area contributed by atoms with E-state index in [0.717, 1.165) is 18.8 Å². The molecule has 0 aliphatic heterocycles. The third-order valence-electron chi connectivity index (χ3n) is 5.16. The summed E-state index contributed by atoms with van der Waals surface area (Å²) in [7, 11) is 3.16. The van der Waals surface area contributed by atoms with Gasteiger partial charge in [-0.15, -0.1) is 43.6 Å². The van der Waals surface area contributed by atoms with Crippen molar-refractivity contribution in [1.29, 1.82) is 0 Å². The smallest absolute Gasteiger partial charge is 0.223 e. The Morgan fingerprint density at radius 1 is 1.17 bits per heavy atom. The third kappa shape index (κ3) is 9.16. The Hall–Kier alpha value is -4.29. The summed E-state index contributed by atoms with van der Waals surface area (Å²) in [6.45, 7) is 4.50. The van der Waals surface area contributed by atoms with Crippen LogP contribution in [0.1, 0.15) is 45.4 Å². The van der Waals surface area contributed by atoms with Crippen molar-refractivity contribution in [2.75, 3.05) is 26.4 Å². The van der Waals surface area contributed by atoms with Crippen LogP contribution in [0.15, 0.2) is 12.1 Å². The van der Waals surface area contributed by atoms with Crippen LogP contribution in [-0.2, 0) is 11.2 Å². The molecule has 36 heavy (non-hydrogen) atoms. The van der Waals surface area contributed by atoms with Crippen LogP contribution < -0.4 is 10.5 Å². The Kier molecular flexibility index (Phi) is 14.4. The largest absolute Gasteiger partial charge is 0.494 e. The lowest BCUT2D eigenvalue weighted by Crippen LogP contribution is -2.24. The maximum atomic E-state index is 14.1. The first-order valence-electron chi connectivity index (χ1n) is 11.2. The number of nitrogens with two attached hydrogens (primary N) is 1. The minimum absolute atomic E-state index is 0.0404. The summed E-state index contributed by atoms with van der Waals surface area (Å²) in [6, 6.07) is 2.82. The van der Waals surface area contributed by atoms with Crippen molar-refractivity contribution in [3.05, 3.63) is 23.8 Å². The van der Waals surface area contributed by atoms with Crippen molar-refractivity contribution in [3.63, 3.8) is 0 Å². The molecule has 8 nitrogen and oxygen atoms in total. The van der Waals surface area contributed by atoms with E-state index >= 15 is 0 Å². The summed E-state index contributed by atoms with van der Waals surface area (Å²) < 4.78 is 20.5. The molecule has 0 spiro atoms. The molecule has 0 saturated heterocycles. The van der Waals surface area contributed by atoms with Gasteiger partial charge in [0.1, 0.15) is 0 Å². The van der Waals surface area contributed by atoms with Crippen LogP contribution in [-0.4, -0.2) is 51.1 Å². The number of ether oxygens (including phenoxy) is 1. The number of nitrogens with zero attached hydrogens (tertiary/aromatic N) is 5. The van der Waals surface area contributed by atoms with E-state index in [-0.39, 0.29) is 17.6 Å². The van der Waals surface area contributed by atoms with Gasteiger partial charge in [-0.1, -0.05) is 19.8 Å². The molecule has 1 aromatic carbocycles. The molecule has 0 atom stereocenters. The number of carbonyl (C=O) groups is 1. The van der Waals surface area contributed by atoms with Crippen molar-refractivity contribution in [1.82, 2.24) is 24.5 Å². The second-order valence-electron chi connectivity index (χ2n) is 7.82. The van der Waals surface area contributed by atoms with Gasteiger partial charge in [-0.3, -0.25) is 4.79 Å². The van der Waals surface area contributed by atoms with Crippen LogP contribution in [0.5, 0.6) is 5.75 Å². The molecule has 1 saturated carbocycles. The maximum absolute atomic E-state index is 14.1. The van der Waals surface area contributed by atoms with E-state index in [1.807, 2.05) is 0 Å². The van der Waals surface area contributed by atoms with Gasteiger partial charge in [0, 0.05) is 38.4 Å². The molecular formula is C27H35FN6O2. The number of anilines is 1. The fraction of sp³-hybridized carbons (Fsp3) is 0.407. The van der Waals surface area contributed by atoms with E-state index < -0.39 is 5.82 Å². The van der Waals surface area contributed by atoms with E-state index in [9.17, 15) is 9.18 Å². The first kappa shape index (κ1) is 31.7.